The van der Waals surface area contributed by atoms with Crippen molar-refractivity contribution >= 4 is 10.0 Å². The highest BCUT2D eigenvalue weighted by Crippen LogP contribution is 2.14. The molecule has 1 saturated heterocycles. The highest BCUT2D eigenvalue weighted by atomic mass is 32.2. The van der Waals surface area contributed by atoms with E-state index in [0.717, 1.165) is 31.0 Å². The molecule has 0 aliphatic carbocycles. The molecule has 23 heavy (non-hydrogen) atoms. The van der Waals surface area contributed by atoms with E-state index in [9.17, 15) is 8.42 Å². The number of sulfonamides is 1. The summed E-state index contributed by atoms with van der Waals surface area (Å²) in [5.41, 5.74) is 0.836. The van der Waals surface area contributed by atoms with Gasteiger partial charge in [-0.2, -0.15) is 4.31 Å². The molecular weight excluding hydrogens is 312 g/mol. The molecule has 0 bridgehead atoms. The third-order valence-corrected chi connectivity index (χ3v) is 6.05. The fourth-order valence-corrected chi connectivity index (χ4v) is 4.31. The Hall–Kier alpha value is -1.70. The van der Waals surface area contributed by atoms with E-state index in [0.29, 0.717) is 13.1 Å². The maximum absolute atomic E-state index is 12.5. The maximum Gasteiger partial charge on any atom is 0.218 e. The molecule has 0 atom stereocenters. The minimum Gasteiger partial charge on any atom is -0.337 e. The molecule has 2 aromatic rings. The Morgan fingerprint density at radius 3 is 2.39 bits per heavy atom. The SMILES string of the molecule is Cn1ccnc1CN1CCN(S(=O)(=O)Cc2ccccc2)CC1. The summed E-state index contributed by atoms with van der Waals surface area (Å²) in [4.78, 5) is 6.57. The van der Waals surface area contributed by atoms with Crippen LogP contribution in [0.2, 0.25) is 0 Å². The zero-order chi connectivity index (χ0) is 16.3. The topological polar surface area (TPSA) is 58.4 Å². The predicted molar refractivity (Wildman–Crippen MR) is 89.1 cm³/mol. The van der Waals surface area contributed by atoms with Gasteiger partial charge in [0, 0.05) is 45.6 Å². The quantitative estimate of drug-likeness (QED) is 0.821. The lowest BCUT2D eigenvalue weighted by atomic mass is 10.2. The summed E-state index contributed by atoms with van der Waals surface area (Å²) in [7, 11) is -1.27. The summed E-state index contributed by atoms with van der Waals surface area (Å²) in [5, 5.41) is 0. The van der Waals surface area contributed by atoms with Crippen molar-refractivity contribution in [1.82, 2.24) is 18.8 Å². The van der Waals surface area contributed by atoms with E-state index in [1.165, 1.54) is 0 Å². The molecule has 7 heteroatoms. The molecule has 0 amide bonds. The number of rotatable bonds is 5. The van der Waals surface area contributed by atoms with Gasteiger partial charge < -0.3 is 4.57 Å². The van der Waals surface area contributed by atoms with Crippen molar-refractivity contribution < 1.29 is 8.42 Å². The van der Waals surface area contributed by atoms with Crippen LogP contribution in [0.1, 0.15) is 11.4 Å². The molecule has 124 valence electrons. The lowest BCUT2D eigenvalue weighted by Gasteiger charge is -2.33. The first-order valence-electron chi connectivity index (χ1n) is 7.75. The van der Waals surface area contributed by atoms with Crippen LogP contribution < -0.4 is 0 Å². The third kappa shape index (κ3) is 3.99. The molecular formula is C16H22N4O2S. The van der Waals surface area contributed by atoms with Crippen molar-refractivity contribution in [3.8, 4) is 0 Å². The molecule has 1 aliphatic heterocycles. The molecule has 1 aromatic heterocycles. The van der Waals surface area contributed by atoms with E-state index in [1.54, 1.807) is 10.5 Å². The Labute approximate surface area is 137 Å². The molecule has 1 aliphatic rings. The van der Waals surface area contributed by atoms with Gasteiger partial charge in [-0.25, -0.2) is 13.4 Å². The molecule has 1 fully saturated rings. The van der Waals surface area contributed by atoms with Gasteiger partial charge in [0.1, 0.15) is 5.82 Å². The van der Waals surface area contributed by atoms with Crippen LogP contribution in [0.15, 0.2) is 42.7 Å². The van der Waals surface area contributed by atoms with Gasteiger partial charge in [0.15, 0.2) is 0 Å². The number of nitrogens with zero attached hydrogens (tertiary/aromatic N) is 4. The molecule has 0 unspecified atom stereocenters. The predicted octanol–water partition coefficient (Wildman–Crippen LogP) is 1.07. The maximum atomic E-state index is 12.5. The zero-order valence-corrected chi connectivity index (χ0v) is 14.1. The van der Waals surface area contributed by atoms with Crippen LogP contribution in [-0.4, -0.2) is 53.4 Å². The van der Waals surface area contributed by atoms with Crippen LogP contribution in [0.3, 0.4) is 0 Å². The largest absolute Gasteiger partial charge is 0.337 e. The second-order valence-corrected chi connectivity index (χ2v) is 7.84. The molecule has 0 radical (unpaired) electrons. The second-order valence-electron chi connectivity index (χ2n) is 5.87. The van der Waals surface area contributed by atoms with Gasteiger partial charge in [0.05, 0.1) is 12.3 Å². The molecule has 0 spiro atoms. The van der Waals surface area contributed by atoms with Crippen LogP contribution in [0.4, 0.5) is 0 Å². The average molecular weight is 334 g/mol. The van der Waals surface area contributed by atoms with Gasteiger partial charge in [-0.05, 0) is 5.56 Å². The lowest BCUT2D eigenvalue weighted by molar-refractivity contribution is 0.176. The van der Waals surface area contributed by atoms with Crippen LogP contribution in [0, 0.1) is 0 Å². The highest BCUT2D eigenvalue weighted by molar-refractivity contribution is 7.88. The van der Waals surface area contributed by atoms with E-state index in [4.69, 9.17) is 0 Å². The van der Waals surface area contributed by atoms with E-state index >= 15 is 0 Å². The lowest BCUT2D eigenvalue weighted by Crippen LogP contribution is -2.48. The second kappa shape index (κ2) is 6.82. The van der Waals surface area contributed by atoms with E-state index in [2.05, 4.69) is 9.88 Å². The molecule has 1 aromatic carbocycles. The van der Waals surface area contributed by atoms with Gasteiger partial charge in [-0.3, -0.25) is 4.90 Å². The van der Waals surface area contributed by atoms with Crippen molar-refractivity contribution in [2.75, 3.05) is 26.2 Å². The van der Waals surface area contributed by atoms with E-state index in [1.807, 2.05) is 48.1 Å². The Morgan fingerprint density at radius 1 is 1.09 bits per heavy atom. The summed E-state index contributed by atoms with van der Waals surface area (Å²) < 4.78 is 28.7. The number of piperazine rings is 1. The smallest absolute Gasteiger partial charge is 0.218 e. The first-order chi connectivity index (χ1) is 11.0. The highest BCUT2D eigenvalue weighted by Gasteiger charge is 2.27. The van der Waals surface area contributed by atoms with Crippen LogP contribution in [-0.2, 0) is 29.4 Å². The van der Waals surface area contributed by atoms with Crippen molar-refractivity contribution in [2.24, 2.45) is 7.05 Å². The van der Waals surface area contributed by atoms with Crippen molar-refractivity contribution in [1.29, 1.82) is 0 Å². The van der Waals surface area contributed by atoms with Crippen molar-refractivity contribution in [2.45, 2.75) is 12.3 Å². The Kier molecular flexibility index (Phi) is 4.79. The van der Waals surface area contributed by atoms with Gasteiger partial charge in [0.2, 0.25) is 10.0 Å². The van der Waals surface area contributed by atoms with Crippen LogP contribution >= 0.6 is 0 Å². The summed E-state index contributed by atoms with van der Waals surface area (Å²) in [6.07, 6.45) is 3.71. The number of aryl methyl sites for hydroxylation is 1. The van der Waals surface area contributed by atoms with Gasteiger partial charge >= 0.3 is 0 Å². The summed E-state index contributed by atoms with van der Waals surface area (Å²) in [6, 6.07) is 9.35. The third-order valence-electron chi connectivity index (χ3n) is 4.20. The van der Waals surface area contributed by atoms with Gasteiger partial charge in [0.25, 0.3) is 0 Å². The van der Waals surface area contributed by atoms with E-state index in [-0.39, 0.29) is 5.75 Å². The van der Waals surface area contributed by atoms with Crippen molar-refractivity contribution in [3.63, 3.8) is 0 Å². The normalized spacial score (nSPS) is 17.4. The number of benzene rings is 1. The Bertz CT molecular complexity index is 734. The fourth-order valence-electron chi connectivity index (χ4n) is 2.79. The average Bonchev–Trinajstić information content (AvgIpc) is 2.93. The summed E-state index contributed by atoms with van der Waals surface area (Å²) in [6.45, 7) is 3.32. The number of hydrogen-bond acceptors (Lipinski definition) is 4. The van der Waals surface area contributed by atoms with Gasteiger partial charge in [-0.1, -0.05) is 30.3 Å². The molecule has 6 nitrogen and oxygen atoms in total. The monoisotopic (exact) mass is 334 g/mol. The molecule has 0 saturated carbocycles. The van der Waals surface area contributed by atoms with Crippen LogP contribution in [0.5, 0.6) is 0 Å². The molecule has 3 rings (SSSR count). The molecule has 2 heterocycles. The Morgan fingerprint density at radius 2 is 1.78 bits per heavy atom. The number of hydrogen-bond donors (Lipinski definition) is 0. The number of aromatic nitrogens is 2. The first kappa shape index (κ1) is 16.2. The first-order valence-corrected chi connectivity index (χ1v) is 9.36. The van der Waals surface area contributed by atoms with E-state index < -0.39 is 10.0 Å². The number of imidazole rings is 1. The zero-order valence-electron chi connectivity index (χ0n) is 13.3. The Balaban J connectivity index is 1.57. The summed E-state index contributed by atoms with van der Waals surface area (Å²) in [5.74, 6) is 1.08. The fraction of sp³-hybridized carbons (Fsp3) is 0.438. The van der Waals surface area contributed by atoms with Crippen LogP contribution in [0.25, 0.3) is 0 Å². The molecule has 0 N–H and O–H groups in total. The summed E-state index contributed by atoms with van der Waals surface area (Å²) >= 11 is 0. The standard InChI is InChI=1S/C16H22N4O2S/c1-18-8-7-17-16(18)13-19-9-11-20(12-10-19)23(21,22)14-15-5-3-2-4-6-15/h2-8H,9-14H2,1H3. The minimum atomic E-state index is -3.24. The van der Waals surface area contributed by atoms with Crippen molar-refractivity contribution in [3.05, 3.63) is 54.1 Å². The minimum absolute atomic E-state index is 0.0766. The van der Waals surface area contributed by atoms with Gasteiger partial charge in [-0.15, -0.1) is 0 Å².